The molecule has 1 saturated heterocycles. The van der Waals surface area contributed by atoms with Gasteiger partial charge in [0.2, 0.25) is 0 Å². The van der Waals surface area contributed by atoms with Gasteiger partial charge in [-0.15, -0.1) is 0 Å². The number of likely N-dealkylation sites (tertiary alicyclic amines) is 1. The number of oxazole rings is 1. The fraction of sp³-hybridized carbons (Fsp3) is 0.550. The normalized spacial score (nSPS) is 20.3. The second kappa shape index (κ2) is 6.87. The van der Waals surface area contributed by atoms with Gasteiger partial charge in [-0.05, 0) is 45.6 Å². The van der Waals surface area contributed by atoms with Crippen molar-refractivity contribution in [3.63, 3.8) is 0 Å². The number of carbonyl (C=O) groups is 1. The van der Waals surface area contributed by atoms with Crippen molar-refractivity contribution in [2.45, 2.75) is 51.7 Å². The second-order valence-corrected chi connectivity index (χ2v) is 8.21. The Kier molecular flexibility index (Phi) is 4.53. The highest BCUT2D eigenvalue weighted by Gasteiger charge is 2.35. The standard InChI is InChI=1S/C20H25N3O4/c1-20(2,3)27-19(24)23-6-4-13(5-7-23)16-9-14-8-15(18-10-21-12-25-18)22-11-17(14)26-16/h8,10-13,16H,4-7,9H2,1-3H3. The lowest BCUT2D eigenvalue weighted by molar-refractivity contribution is 0.0123. The summed E-state index contributed by atoms with van der Waals surface area (Å²) < 4.78 is 16.9. The lowest BCUT2D eigenvalue weighted by Gasteiger charge is -2.35. The van der Waals surface area contributed by atoms with Crippen LogP contribution < -0.4 is 4.74 Å². The SMILES string of the molecule is CC(C)(C)OC(=O)N1CCC(C2Cc3cc(-c4cnco4)ncc3O2)CC1. The van der Waals surface area contributed by atoms with Crippen molar-refractivity contribution < 1.29 is 18.7 Å². The summed E-state index contributed by atoms with van der Waals surface area (Å²) in [6, 6.07) is 2.02. The number of aromatic nitrogens is 2. The van der Waals surface area contributed by atoms with Crippen molar-refractivity contribution in [3.8, 4) is 17.2 Å². The lowest BCUT2D eigenvalue weighted by Crippen LogP contribution is -2.44. The number of rotatable bonds is 2. The molecule has 2 aliphatic heterocycles. The van der Waals surface area contributed by atoms with Crippen LogP contribution >= 0.6 is 0 Å². The monoisotopic (exact) mass is 371 g/mol. The number of amides is 1. The van der Waals surface area contributed by atoms with E-state index in [9.17, 15) is 4.79 Å². The Morgan fingerprint density at radius 3 is 2.70 bits per heavy atom. The summed E-state index contributed by atoms with van der Waals surface area (Å²) in [5.41, 5.74) is 1.46. The van der Waals surface area contributed by atoms with Gasteiger partial charge in [-0.3, -0.25) is 0 Å². The fourth-order valence-electron chi connectivity index (χ4n) is 3.69. The highest BCUT2D eigenvalue weighted by molar-refractivity contribution is 5.68. The molecular formula is C20H25N3O4. The Hall–Kier alpha value is -2.57. The van der Waals surface area contributed by atoms with Crippen LogP contribution in [0.2, 0.25) is 0 Å². The van der Waals surface area contributed by atoms with Crippen LogP contribution in [0.3, 0.4) is 0 Å². The molecular weight excluding hydrogens is 346 g/mol. The van der Waals surface area contributed by atoms with Gasteiger partial charge in [0.15, 0.2) is 12.2 Å². The molecule has 0 aliphatic carbocycles. The minimum Gasteiger partial charge on any atom is -0.488 e. The molecule has 0 aromatic carbocycles. The van der Waals surface area contributed by atoms with Crippen LogP contribution in [0, 0.1) is 5.92 Å². The minimum atomic E-state index is -0.460. The molecule has 0 N–H and O–H groups in total. The van der Waals surface area contributed by atoms with Crippen LogP contribution in [-0.2, 0) is 11.2 Å². The van der Waals surface area contributed by atoms with E-state index in [0.29, 0.717) is 24.8 Å². The average molecular weight is 371 g/mol. The van der Waals surface area contributed by atoms with Crippen LogP contribution in [0.4, 0.5) is 4.79 Å². The molecule has 7 heteroatoms. The molecule has 144 valence electrons. The van der Waals surface area contributed by atoms with Crippen molar-refractivity contribution in [1.82, 2.24) is 14.9 Å². The fourth-order valence-corrected chi connectivity index (χ4v) is 3.69. The van der Waals surface area contributed by atoms with E-state index in [4.69, 9.17) is 13.9 Å². The number of hydrogen-bond donors (Lipinski definition) is 0. The summed E-state index contributed by atoms with van der Waals surface area (Å²) in [6.07, 6.45) is 7.43. The molecule has 4 rings (SSSR count). The van der Waals surface area contributed by atoms with Gasteiger partial charge in [-0.25, -0.2) is 14.8 Å². The van der Waals surface area contributed by atoms with Crippen LogP contribution in [0.25, 0.3) is 11.5 Å². The van der Waals surface area contributed by atoms with Crippen LogP contribution in [0.5, 0.6) is 5.75 Å². The predicted molar refractivity (Wildman–Crippen MR) is 98.4 cm³/mol. The summed E-state index contributed by atoms with van der Waals surface area (Å²) in [5, 5.41) is 0. The Morgan fingerprint density at radius 1 is 1.26 bits per heavy atom. The highest BCUT2D eigenvalue weighted by atomic mass is 16.6. The summed E-state index contributed by atoms with van der Waals surface area (Å²) in [4.78, 5) is 22.4. The zero-order chi connectivity index (χ0) is 19.0. The molecule has 1 unspecified atom stereocenters. The summed E-state index contributed by atoms with van der Waals surface area (Å²) in [5.74, 6) is 1.93. The van der Waals surface area contributed by atoms with Crippen molar-refractivity contribution >= 4 is 6.09 Å². The topological polar surface area (TPSA) is 77.7 Å². The molecule has 0 bridgehead atoms. The Balaban J connectivity index is 1.35. The number of ether oxygens (including phenoxy) is 2. The largest absolute Gasteiger partial charge is 0.488 e. The van der Waals surface area contributed by atoms with E-state index < -0.39 is 5.60 Å². The number of hydrogen-bond acceptors (Lipinski definition) is 6. The van der Waals surface area contributed by atoms with Gasteiger partial charge < -0.3 is 18.8 Å². The molecule has 2 aliphatic rings. The van der Waals surface area contributed by atoms with Crippen molar-refractivity contribution in [2.75, 3.05) is 13.1 Å². The van der Waals surface area contributed by atoms with Gasteiger partial charge in [0.25, 0.3) is 0 Å². The number of fused-ring (bicyclic) bond motifs is 1. The van der Waals surface area contributed by atoms with Gasteiger partial charge in [0, 0.05) is 25.1 Å². The third-order valence-corrected chi connectivity index (χ3v) is 5.05. The quantitative estimate of drug-likeness (QED) is 0.801. The molecule has 1 atom stereocenters. The Bertz CT molecular complexity index is 805. The maximum absolute atomic E-state index is 12.2. The number of pyridine rings is 1. The maximum Gasteiger partial charge on any atom is 0.410 e. The minimum absolute atomic E-state index is 0.132. The van der Waals surface area contributed by atoms with Crippen LogP contribution in [0.1, 0.15) is 39.2 Å². The maximum atomic E-state index is 12.2. The van der Waals surface area contributed by atoms with E-state index in [0.717, 1.165) is 36.3 Å². The third kappa shape index (κ3) is 3.91. The molecule has 2 aromatic rings. The Morgan fingerprint density at radius 2 is 2.04 bits per heavy atom. The van der Waals surface area contributed by atoms with Crippen molar-refractivity contribution in [2.24, 2.45) is 5.92 Å². The molecule has 27 heavy (non-hydrogen) atoms. The molecule has 0 saturated carbocycles. The predicted octanol–water partition coefficient (Wildman–Crippen LogP) is 3.69. The first-order chi connectivity index (χ1) is 12.9. The zero-order valence-electron chi connectivity index (χ0n) is 16.0. The Labute approximate surface area is 158 Å². The van der Waals surface area contributed by atoms with Gasteiger partial charge in [-0.1, -0.05) is 0 Å². The summed E-state index contributed by atoms with van der Waals surface area (Å²) >= 11 is 0. The molecule has 4 heterocycles. The average Bonchev–Trinajstić information content (AvgIpc) is 3.29. The smallest absolute Gasteiger partial charge is 0.410 e. The molecule has 7 nitrogen and oxygen atoms in total. The van der Waals surface area contributed by atoms with Gasteiger partial charge in [0.1, 0.15) is 23.1 Å². The van der Waals surface area contributed by atoms with Gasteiger partial charge >= 0.3 is 6.09 Å². The van der Waals surface area contributed by atoms with E-state index in [1.54, 1.807) is 17.3 Å². The highest BCUT2D eigenvalue weighted by Crippen LogP contribution is 2.36. The van der Waals surface area contributed by atoms with Crippen molar-refractivity contribution in [1.29, 1.82) is 0 Å². The van der Waals surface area contributed by atoms with E-state index in [1.807, 2.05) is 26.8 Å². The molecule has 0 radical (unpaired) electrons. The van der Waals surface area contributed by atoms with E-state index >= 15 is 0 Å². The number of nitrogens with zero attached hydrogens (tertiary/aromatic N) is 3. The third-order valence-electron chi connectivity index (χ3n) is 5.05. The number of carbonyl (C=O) groups excluding carboxylic acids is 1. The molecule has 0 spiro atoms. The first-order valence-corrected chi connectivity index (χ1v) is 9.41. The number of piperidine rings is 1. The van der Waals surface area contributed by atoms with Crippen LogP contribution in [0.15, 0.2) is 29.3 Å². The van der Waals surface area contributed by atoms with E-state index in [2.05, 4.69) is 9.97 Å². The first-order valence-electron chi connectivity index (χ1n) is 9.41. The van der Waals surface area contributed by atoms with Gasteiger partial charge in [0.05, 0.1) is 12.4 Å². The molecule has 2 aromatic heterocycles. The van der Waals surface area contributed by atoms with Gasteiger partial charge in [-0.2, -0.15) is 0 Å². The summed E-state index contributed by atoms with van der Waals surface area (Å²) in [7, 11) is 0. The first kappa shape index (κ1) is 17.8. The van der Waals surface area contributed by atoms with E-state index in [1.165, 1.54) is 6.39 Å². The van der Waals surface area contributed by atoms with E-state index in [-0.39, 0.29) is 12.2 Å². The zero-order valence-corrected chi connectivity index (χ0v) is 16.0. The van der Waals surface area contributed by atoms with Crippen molar-refractivity contribution in [3.05, 3.63) is 30.4 Å². The lowest BCUT2D eigenvalue weighted by atomic mass is 9.89. The second-order valence-electron chi connectivity index (χ2n) is 8.21. The van der Waals surface area contributed by atoms with Crippen LogP contribution in [-0.4, -0.2) is 45.8 Å². The summed E-state index contributed by atoms with van der Waals surface area (Å²) in [6.45, 7) is 7.08. The molecule has 1 amide bonds. The molecule has 1 fully saturated rings.